The molecule has 2 N–H and O–H groups in total. The van der Waals surface area contributed by atoms with E-state index in [0.29, 0.717) is 23.2 Å². The average molecular weight is 346 g/mol. The molecule has 0 atom stereocenters. The van der Waals surface area contributed by atoms with Crippen molar-refractivity contribution in [1.29, 1.82) is 0 Å². The molecule has 0 aliphatic heterocycles. The van der Waals surface area contributed by atoms with Crippen molar-refractivity contribution in [2.24, 2.45) is 11.0 Å². The monoisotopic (exact) mass is 345 g/mol. The summed E-state index contributed by atoms with van der Waals surface area (Å²) in [6.45, 7) is 4.88. The van der Waals surface area contributed by atoms with E-state index in [1.807, 2.05) is 24.3 Å². The van der Waals surface area contributed by atoms with Crippen molar-refractivity contribution < 1.29 is 9.53 Å². The van der Waals surface area contributed by atoms with Gasteiger partial charge in [-0.1, -0.05) is 25.4 Å². The maximum absolute atomic E-state index is 11.7. The standard InChI is InChI=1S/C18H20ClN3O2/c1-13(2)12-24-17-9-3-14(4-10-17)11-20-22-18(23)21-16-7-5-15(19)6-8-16/h3-11,13H,12H2,1-2H3,(H2,21,22,23)/b20-11-. The molecule has 0 heterocycles. The van der Waals surface area contributed by atoms with Gasteiger partial charge in [0.1, 0.15) is 5.75 Å². The summed E-state index contributed by atoms with van der Waals surface area (Å²) in [4.78, 5) is 11.7. The Morgan fingerprint density at radius 2 is 1.83 bits per heavy atom. The van der Waals surface area contributed by atoms with E-state index in [1.54, 1.807) is 30.5 Å². The molecule has 24 heavy (non-hydrogen) atoms. The van der Waals surface area contributed by atoms with E-state index in [-0.39, 0.29) is 0 Å². The van der Waals surface area contributed by atoms with Crippen LogP contribution in [0.15, 0.2) is 53.6 Å². The third-order valence-corrected chi connectivity index (χ3v) is 3.20. The van der Waals surface area contributed by atoms with Crippen LogP contribution >= 0.6 is 11.6 Å². The number of nitrogens with one attached hydrogen (secondary N) is 2. The van der Waals surface area contributed by atoms with Crippen molar-refractivity contribution in [3.8, 4) is 5.75 Å². The van der Waals surface area contributed by atoms with Gasteiger partial charge in [0, 0.05) is 10.7 Å². The molecule has 0 bridgehead atoms. The van der Waals surface area contributed by atoms with Gasteiger partial charge in [0.05, 0.1) is 12.8 Å². The van der Waals surface area contributed by atoms with E-state index in [0.717, 1.165) is 11.3 Å². The summed E-state index contributed by atoms with van der Waals surface area (Å²) in [5.74, 6) is 1.30. The third-order valence-electron chi connectivity index (χ3n) is 2.95. The number of hydrazone groups is 1. The van der Waals surface area contributed by atoms with Crippen molar-refractivity contribution in [1.82, 2.24) is 5.43 Å². The van der Waals surface area contributed by atoms with Crippen LogP contribution < -0.4 is 15.5 Å². The predicted molar refractivity (Wildman–Crippen MR) is 98.0 cm³/mol. The Hall–Kier alpha value is -2.53. The summed E-state index contributed by atoms with van der Waals surface area (Å²) in [6.07, 6.45) is 1.56. The predicted octanol–water partition coefficient (Wildman–Crippen LogP) is 4.53. The number of hydrogen-bond donors (Lipinski definition) is 2. The fourth-order valence-electron chi connectivity index (χ4n) is 1.77. The first-order chi connectivity index (χ1) is 11.5. The minimum absolute atomic E-state index is 0.426. The molecule has 0 aliphatic carbocycles. The molecule has 0 aromatic heterocycles. The molecule has 126 valence electrons. The van der Waals surface area contributed by atoms with Gasteiger partial charge in [0.25, 0.3) is 0 Å². The molecule has 0 spiro atoms. The lowest BCUT2D eigenvalue weighted by Gasteiger charge is -2.08. The molecule has 6 heteroatoms. The van der Waals surface area contributed by atoms with Crippen molar-refractivity contribution in [3.05, 3.63) is 59.1 Å². The fraction of sp³-hybridized carbons (Fsp3) is 0.222. The van der Waals surface area contributed by atoms with Gasteiger partial charge in [-0.25, -0.2) is 10.2 Å². The number of halogens is 1. The van der Waals surface area contributed by atoms with Gasteiger partial charge in [0.15, 0.2) is 0 Å². The van der Waals surface area contributed by atoms with E-state index >= 15 is 0 Å². The van der Waals surface area contributed by atoms with Crippen LogP contribution in [0.2, 0.25) is 5.02 Å². The van der Waals surface area contributed by atoms with Gasteiger partial charge in [-0.2, -0.15) is 5.10 Å². The average Bonchev–Trinajstić information content (AvgIpc) is 2.56. The third kappa shape index (κ3) is 6.30. The molecular formula is C18H20ClN3O2. The summed E-state index contributed by atoms with van der Waals surface area (Å²) in [7, 11) is 0. The lowest BCUT2D eigenvalue weighted by molar-refractivity contribution is 0.252. The number of carbonyl (C=O) groups is 1. The summed E-state index contributed by atoms with van der Waals surface area (Å²) in [6, 6.07) is 13.9. The van der Waals surface area contributed by atoms with Crippen LogP contribution in [-0.2, 0) is 0 Å². The second kappa shape index (κ2) is 8.93. The van der Waals surface area contributed by atoms with Gasteiger partial charge in [0.2, 0.25) is 0 Å². The zero-order chi connectivity index (χ0) is 17.4. The topological polar surface area (TPSA) is 62.7 Å². The normalized spacial score (nSPS) is 10.8. The lowest BCUT2D eigenvalue weighted by atomic mass is 10.2. The quantitative estimate of drug-likeness (QED) is 0.596. The number of amides is 2. The van der Waals surface area contributed by atoms with Crippen LogP contribution in [0.4, 0.5) is 10.5 Å². The number of nitrogens with zero attached hydrogens (tertiary/aromatic N) is 1. The van der Waals surface area contributed by atoms with Crippen molar-refractivity contribution in [3.63, 3.8) is 0 Å². The Labute approximate surface area is 146 Å². The Morgan fingerprint density at radius 3 is 2.46 bits per heavy atom. The smallest absolute Gasteiger partial charge is 0.339 e. The molecule has 2 aromatic carbocycles. The minimum atomic E-state index is -0.426. The molecule has 0 radical (unpaired) electrons. The van der Waals surface area contributed by atoms with Crippen LogP contribution in [0.3, 0.4) is 0 Å². The highest BCUT2D eigenvalue weighted by atomic mass is 35.5. The second-order valence-corrected chi connectivity index (χ2v) is 6.04. The maximum Gasteiger partial charge on any atom is 0.339 e. The maximum atomic E-state index is 11.7. The van der Waals surface area contributed by atoms with Crippen molar-refractivity contribution in [2.75, 3.05) is 11.9 Å². The van der Waals surface area contributed by atoms with Crippen LogP contribution in [0.1, 0.15) is 19.4 Å². The Kier molecular flexibility index (Phi) is 6.63. The molecule has 2 amide bonds. The molecule has 0 unspecified atom stereocenters. The molecule has 2 rings (SSSR count). The van der Waals surface area contributed by atoms with Crippen molar-refractivity contribution >= 4 is 29.5 Å². The van der Waals surface area contributed by atoms with Gasteiger partial charge < -0.3 is 10.1 Å². The largest absolute Gasteiger partial charge is 0.493 e. The summed E-state index contributed by atoms with van der Waals surface area (Å²) < 4.78 is 5.61. The molecule has 5 nitrogen and oxygen atoms in total. The number of ether oxygens (including phenoxy) is 1. The number of hydrogen-bond acceptors (Lipinski definition) is 3. The molecule has 0 saturated heterocycles. The molecule has 0 fully saturated rings. The zero-order valence-corrected chi connectivity index (χ0v) is 14.4. The van der Waals surface area contributed by atoms with Crippen molar-refractivity contribution in [2.45, 2.75) is 13.8 Å². The van der Waals surface area contributed by atoms with Crippen LogP contribution in [0.25, 0.3) is 0 Å². The van der Waals surface area contributed by atoms with E-state index in [9.17, 15) is 4.79 Å². The Bertz CT molecular complexity index is 682. The highest BCUT2D eigenvalue weighted by molar-refractivity contribution is 6.30. The fourth-order valence-corrected chi connectivity index (χ4v) is 1.90. The van der Waals surface area contributed by atoms with Crippen LogP contribution in [-0.4, -0.2) is 18.9 Å². The Balaban J connectivity index is 1.80. The number of anilines is 1. The summed E-state index contributed by atoms with van der Waals surface area (Å²) >= 11 is 5.79. The van der Waals surface area contributed by atoms with Gasteiger partial charge in [-0.15, -0.1) is 0 Å². The Morgan fingerprint density at radius 1 is 1.17 bits per heavy atom. The van der Waals surface area contributed by atoms with Crippen LogP contribution in [0, 0.1) is 5.92 Å². The van der Waals surface area contributed by atoms with E-state index in [2.05, 4.69) is 29.7 Å². The van der Waals surface area contributed by atoms with E-state index in [4.69, 9.17) is 16.3 Å². The first-order valence-corrected chi connectivity index (χ1v) is 7.99. The highest BCUT2D eigenvalue weighted by Gasteiger charge is 2.00. The number of carbonyl (C=O) groups excluding carboxylic acids is 1. The molecule has 0 saturated carbocycles. The van der Waals surface area contributed by atoms with E-state index in [1.165, 1.54) is 0 Å². The first kappa shape index (κ1) is 17.8. The number of benzene rings is 2. The van der Waals surface area contributed by atoms with Gasteiger partial charge >= 0.3 is 6.03 Å². The zero-order valence-electron chi connectivity index (χ0n) is 13.6. The number of rotatable bonds is 6. The summed E-state index contributed by atoms with van der Waals surface area (Å²) in [5, 5.41) is 7.17. The second-order valence-electron chi connectivity index (χ2n) is 5.60. The lowest BCUT2D eigenvalue weighted by Crippen LogP contribution is -2.24. The molecule has 2 aromatic rings. The summed E-state index contributed by atoms with van der Waals surface area (Å²) in [5.41, 5.74) is 3.90. The molecular weight excluding hydrogens is 326 g/mol. The van der Waals surface area contributed by atoms with Crippen LogP contribution in [0.5, 0.6) is 5.75 Å². The molecule has 0 aliphatic rings. The highest BCUT2D eigenvalue weighted by Crippen LogP contribution is 2.13. The first-order valence-electron chi connectivity index (χ1n) is 7.61. The number of urea groups is 1. The van der Waals surface area contributed by atoms with E-state index < -0.39 is 6.03 Å². The minimum Gasteiger partial charge on any atom is -0.493 e. The SMILES string of the molecule is CC(C)COc1ccc(/C=N\NC(=O)Nc2ccc(Cl)cc2)cc1. The van der Waals surface area contributed by atoms with Gasteiger partial charge in [-0.3, -0.25) is 0 Å². The van der Waals surface area contributed by atoms with Gasteiger partial charge in [-0.05, 0) is 60.0 Å².